The normalized spacial score (nSPS) is 11.2. The summed E-state index contributed by atoms with van der Waals surface area (Å²) in [5, 5.41) is 14.2. The van der Waals surface area contributed by atoms with Gasteiger partial charge in [0.05, 0.1) is 5.75 Å². The molecular weight excluding hydrogens is 336 g/mol. The minimum absolute atomic E-state index is 0.799. The van der Waals surface area contributed by atoms with Gasteiger partial charge in [0.1, 0.15) is 5.01 Å². The fraction of sp³-hybridized carbons (Fsp3) is 0.167. The molecule has 0 amide bonds. The van der Waals surface area contributed by atoms with Gasteiger partial charge in [-0.25, -0.2) is 0 Å². The maximum atomic E-state index is 4.71. The number of nitrogens with zero attached hydrogens (tertiary/aromatic N) is 4. The third-order valence-electron chi connectivity index (χ3n) is 3.66. The van der Waals surface area contributed by atoms with E-state index in [9.17, 15) is 0 Å². The summed E-state index contributed by atoms with van der Waals surface area (Å²) in [6.45, 7) is 2.09. The maximum Gasteiger partial charge on any atom is 0.235 e. The number of benzene rings is 2. The van der Waals surface area contributed by atoms with Crippen molar-refractivity contribution in [1.82, 2.24) is 19.8 Å². The van der Waals surface area contributed by atoms with Crippen LogP contribution in [-0.4, -0.2) is 19.8 Å². The number of hydrogen-bond donors (Lipinski definition) is 0. The number of aryl methyl sites for hydroxylation is 1. The summed E-state index contributed by atoms with van der Waals surface area (Å²) >= 11 is 3.41. The zero-order valence-electron chi connectivity index (χ0n) is 13.2. The summed E-state index contributed by atoms with van der Waals surface area (Å²) in [7, 11) is 0. The van der Waals surface area contributed by atoms with Crippen molar-refractivity contribution in [3.63, 3.8) is 0 Å². The molecule has 2 heterocycles. The van der Waals surface area contributed by atoms with Crippen LogP contribution >= 0.6 is 23.1 Å². The Labute approximate surface area is 148 Å². The number of aromatic nitrogens is 4. The molecule has 2 aromatic heterocycles. The quantitative estimate of drug-likeness (QED) is 0.527. The Bertz CT molecular complexity index is 959. The topological polar surface area (TPSA) is 43.1 Å². The van der Waals surface area contributed by atoms with E-state index >= 15 is 0 Å². The van der Waals surface area contributed by atoms with Gasteiger partial charge in [0.25, 0.3) is 0 Å². The van der Waals surface area contributed by atoms with E-state index in [0.29, 0.717) is 0 Å². The summed E-state index contributed by atoms with van der Waals surface area (Å²) in [6, 6.07) is 18.9. The van der Waals surface area contributed by atoms with Gasteiger partial charge in [0, 0.05) is 11.3 Å². The van der Waals surface area contributed by atoms with Crippen molar-refractivity contribution in [1.29, 1.82) is 0 Å². The van der Waals surface area contributed by atoms with Gasteiger partial charge in [-0.1, -0.05) is 65.4 Å². The molecule has 0 aliphatic heterocycles. The standard InChI is InChI=1S/C18H16N4S2/c1-13-6-5-9-15(10-13)17-21-22-16(19-20-18(22)24-17)12-23-11-14-7-3-2-4-8-14/h2-10H,11-12H2,1H3. The highest BCUT2D eigenvalue weighted by Gasteiger charge is 2.13. The van der Waals surface area contributed by atoms with Crippen molar-refractivity contribution in [2.75, 3.05) is 0 Å². The monoisotopic (exact) mass is 352 g/mol. The summed E-state index contributed by atoms with van der Waals surface area (Å²) in [6.07, 6.45) is 0. The average Bonchev–Trinajstić information content (AvgIpc) is 3.18. The Morgan fingerprint density at radius 3 is 2.71 bits per heavy atom. The molecule has 0 atom stereocenters. The van der Waals surface area contributed by atoms with E-state index in [0.717, 1.165) is 32.9 Å². The van der Waals surface area contributed by atoms with Gasteiger partial charge < -0.3 is 0 Å². The Morgan fingerprint density at radius 1 is 1.00 bits per heavy atom. The largest absolute Gasteiger partial charge is 0.235 e. The van der Waals surface area contributed by atoms with Crippen LogP contribution < -0.4 is 0 Å². The van der Waals surface area contributed by atoms with Crippen molar-refractivity contribution in [2.24, 2.45) is 0 Å². The Kier molecular flexibility index (Phi) is 4.32. The number of rotatable bonds is 5. The first-order valence-corrected chi connectivity index (χ1v) is 9.66. The van der Waals surface area contributed by atoms with E-state index in [-0.39, 0.29) is 0 Å². The molecule has 2 aromatic carbocycles. The van der Waals surface area contributed by atoms with Crippen molar-refractivity contribution in [3.05, 3.63) is 71.5 Å². The molecule has 0 saturated heterocycles. The van der Waals surface area contributed by atoms with Crippen molar-refractivity contribution >= 4 is 28.1 Å². The summed E-state index contributed by atoms with van der Waals surface area (Å²) in [4.78, 5) is 0.849. The molecular formula is C18H16N4S2. The maximum absolute atomic E-state index is 4.71. The molecule has 0 radical (unpaired) electrons. The van der Waals surface area contributed by atoms with Crippen molar-refractivity contribution < 1.29 is 0 Å². The lowest BCUT2D eigenvalue weighted by atomic mass is 10.1. The second-order valence-electron chi connectivity index (χ2n) is 5.57. The molecule has 0 aliphatic rings. The van der Waals surface area contributed by atoms with E-state index in [2.05, 4.69) is 65.7 Å². The number of fused-ring (bicyclic) bond motifs is 1. The molecule has 0 spiro atoms. The van der Waals surface area contributed by atoms with Gasteiger partial charge in [-0.3, -0.25) is 0 Å². The summed E-state index contributed by atoms with van der Waals surface area (Å²) < 4.78 is 1.88. The molecule has 120 valence electrons. The van der Waals surface area contributed by atoms with Gasteiger partial charge in [0.2, 0.25) is 4.96 Å². The first kappa shape index (κ1) is 15.4. The predicted octanol–water partition coefficient (Wildman–Crippen LogP) is 4.59. The van der Waals surface area contributed by atoms with Crippen LogP contribution in [-0.2, 0) is 11.5 Å². The summed E-state index contributed by atoms with van der Waals surface area (Å²) in [5.41, 5.74) is 3.69. The van der Waals surface area contributed by atoms with E-state index in [1.807, 2.05) is 22.3 Å². The molecule has 6 heteroatoms. The highest BCUT2D eigenvalue weighted by molar-refractivity contribution is 7.97. The van der Waals surface area contributed by atoms with E-state index in [1.165, 1.54) is 11.1 Å². The van der Waals surface area contributed by atoms with Crippen LogP contribution in [0.4, 0.5) is 0 Å². The number of thioether (sulfide) groups is 1. The predicted molar refractivity (Wildman–Crippen MR) is 100 cm³/mol. The first-order valence-electron chi connectivity index (χ1n) is 7.69. The van der Waals surface area contributed by atoms with E-state index < -0.39 is 0 Å². The van der Waals surface area contributed by atoms with Gasteiger partial charge in [-0.05, 0) is 18.6 Å². The van der Waals surface area contributed by atoms with Gasteiger partial charge >= 0.3 is 0 Å². The highest BCUT2D eigenvalue weighted by atomic mass is 32.2. The van der Waals surface area contributed by atoms with Crippen LogP contribution in [0.25, 0.3) is 15.5 Å². The zero-order valence-corrected chi connectivity index (χ0v) is 14.8. The SMILES string of the molecule is Cc1cccc(-c2nn3c(CSCc4ccccc4)nnc3s2)c1. The molecule has 0 bridgehead atoms. The Balaban J connectivity index is 1.52. The fourth-order valence-electron chi connectivity index (χ4n) is 2.48. The Hall–Kier alpha value is -2.18. The molecule has 0 fully saturated rings. The second kappa shape index (κ2) is 6.75. The molecule has 4 rings (SSSR count). The lowest BCUT2D eigenvalue weighted by molar-refractivity contribution is 0.887. The van der Waals surface area contributed by atoms with Crippen molar-refractivity contribution in [2.45, 2.75) is 18.4 Å². The molecule has 0 N–H and O–H groups in total. The lowest BCUT2D eigenvalue weighted by Gasteiger charge is -2.00. The van der Waals surface area contributed by atoms with E-state index in [4.69, 9.17) is 5.10 Å². The van der Waals surface area contributed by atoms with Crippen LogP contribution in [0.3, 0.4) is 0 Å². The summed E-state index contributed by atoms with van der Waals surface area (Å²) in [5.74, 6) is 2.67. The van der Waals surface area contributed by atoms with Crippen LogP contribution in [0.15, 0.2) is 54.6 Å². The lowest BCUT2D eigenvalue weighted by Crippen LogP contribution is -1.94. The first-order chi connectivity index (χ1) is 11.8. The second-order valence-corrected chi connectivity index (χ2v) is 7.51. The van der Waals surface area contributed by atoms with Gasteiger partial charge in [-0.2, -0.15) is 9.61 Å². The molecule has 0 unspecified atom stereocenters. The third-order valence-corrected chi connectivity index (χ3v) is 5.61. The molecule has 4 nitrogen and oxygen atoms in total. The van der Waals surface area contributed by atoms with Gasteiger partial charge in [-0.15, -0.1) is 22.0 Å². The zero-order chi connectivity index (χ0) is 16.4. The van der Waals surface area contributed by atoms with E-state index in [1.54, 1.807) is 11.3 Å². The smallest absolute Gasteiger partial charge is 0.186 e. The molecule has 4 aromatic rings. The highest BCUT2D eigenvalue weighted by Crippen LogP contribution is 2.27. The van der Waals surface area contributed by atoms with Crippen molar-refractivity contribution in [3.8, 4) is 10.6 Å². The van der Waals surface area contributed by atoms with Crippen LogP contribution in [0.5, 0.6) is 0 Å². The van der Waals surface area contributed by atoms with Crippen LogP contribution in [0.1, 0.15) is 17.0 Å². The number of hydrogen-bond acceptors (Lipinski definition) is 5. The minimum Gasteiger partial charge on any atom is -0.186 e. The Morgan fingerprint density at radius 2 is 1.88 bits per heavy atom. The third kappa shape index (κ3) is 3.20. The van der Waals surface area contributed by atoms with Crippen LogP contribution in [0, 0.1) is 6.92 Å². The fourth-order valence-corrected chi connectivity index (χ4v) is 4.22. The minimum atomic E-state index is 0.799. The molecule has 24 heavy (non-hydrogen) atoms. The average molecular weight is 352 g/mol. The van der Waals surface area contributed by atoms with Crippen LogP contribution in [0.2, 0.25) is 0 Å². The molecule has 0 saturated carbocycles. The molecule has 0 aliphatic carbocycles. The van der Waals surface area contributed by atoms with Gasteiger partial charge in [0.15, 0.2) is 5.82 Å².